The molecule has 1 aromatic rings. The van der Waals surface area contributed by atoms with Gasteiger partial charge in [0.2, 0.25) is 5.88 Å². The number of rotatable bonds is 2. The molecule has 0 fully saturated rings. The molecule has 0 aromatic carbocycles. The second-order valence-corrected chi connectivity index (χ2v) is 6.25. The van der Waals surface area contributed by atoms with Crippen molar-refractivity contribution in [3.8, 4) is 5.88 Å². The summed E-state index contributed by atoms with van der Waals surface area (Å²) in [6, 6.07) is 3.64. The summed E-state index contributed by atoms with van der Waals surface area (Å²) in [5.41, 5.74) is 2.79. The van der Waals surface area contributed by atoms with E-state index in [0.717, 1.165) is 22.4 Å². The average Bonchev–Trinajstić information content (AvgIpc) is 2.51. The fraction of sp³-hybridized carbons (Fsp3) is 0.444. The van der Waals surface area contributed by atoms with Gasteiger partial charge in [-0.2, -0.15) is 0 Å². The summed E-state index contributed by atoms with van der Waals surface area (Å²) in [4.78, 5) is 16.9. The lowest BCUT2D eigenvalue weighted by Gasteiger charge is -2.47. The van der Waals surface area contributed by atoms with Crippen LogP contribution in [0.3, 0.4) is 0 Å². The number of nitrogens with zero attached hydrogens (tertiary/aromatic N) is 1. The summed E-state index contributed by atoms with van der Waals surface area (Å²) in [6.45, 7) is 6.06. The van der Waals surface area contributed by atoms with Crippen molar-refractivity contribution in [3.05, 3.63) is 46.7 Å². The van der Waals surface area contributed by atoms with Gasteiger partial charge < -0.3 is 9.84 Å². The van der Waals surface area contributed by atoms with Crippen molar-refractivity contribution in [2.75, 3.05) is 7.11 Å². The Kier molecular flexibility index (Phi) is 3.35. The van der Waals surface area contributed by atoms with Gasteiger partial charge in [0.25, 0.3) is 0 Å². The minimum absolute atomic E-state index is 0.0851. The van der Waals surface area contributed by atoms with Gasteiger partial charge in [-0.3, -0.25) is 4.79 Å². The first-order valence-electron chi connectivity index (χ1n) is 7.58. The molecule has 1 heterocycles. The minimum Gasteiger partial charge on any atom is -0.481 e. The van der Waals surface area contributed by atoms with E-state index in [-0.39, 0.29) is 11.8 Å². The monoisotopic (exact) mass is 299 g/mol. The molecule has 22 heavy (non-hydrogen) atoms. The standard InChI is InChI=1S/C18H21NO3/c1-5-13-12-8-10(2)9-18(13,17(20)21)14-6-7-15(22-4)19-16(14)11(12)3/h5-8,11-12H,9H2,1-4H3,(H,20,21)/b13-5+. The quantitative estimate of drug-likeness (QED) is 0.850. The van der Waals surface area contributed by atoms with Crippen molar-refractivity contribution in [3.63, 3.8) is 0 Å². The van der Waals surface area contributed by atoms with Gasteiger partial charge in [-0.25, -0.2) is 4.98 Å². The highest BCUT2D eigenvalue weighted by molar-refractivity contribution is 5.88. The lowest BCUT2D eigenvalue weighted by atomic mass is 9.55. The van der Waals surface area contributed by atoms with E-state index in [4.69, 9.17) is 4.74 Å². The van der Waals surface area contributed by atoms with Gasteiger partial charge in [0.1, 0.15) is 5.41 Å². The fourth-order valence-electron chi connectivity index (χ4n) is 4.13. The molecule has 0 saturated heterocycles. The zero-order valence-electron chi connectivity index (χ0n) is 13.4. The number of allylic oxidation sites excluding steroid dienone is 3. The molecule has 4 nitrogen and oxygen atoms in total. The molecule has 0 saturated carbocycles. The number of carbonyl (C=O) groups is 1. The minimum atomic E-state index is -0.987. The van der Waals surface area contributed by atoms with Crippen molar-refractivity contribution in [2.45, 2.75) is 38.5 Å². The number of methoxy groups -OCH3 is 1. The molecular formula is C18H21NO3. The largest absolute Gasteiger partial charge is 0.481 e. The van der Waals surface area contributed by atoms with Crippen LogP contribution in [0.2, 0.25) is 0 Å². The number of fused-ring (bicyclic) bond motifs is 4. The Labute approximate surface area is 130 Å². The lowest BCUT2D eigenvalue weighted by molar-refractivity contribution is -0.143. The first kappa shape index (κ1) is 14.8. The molecule has 1 N–H and O–H groups in total. The molecule has 1 aromatic heterocycles. The highest BCUT2D eigenvalue weighted by Gasteiger charge is 2.54. The molecular weight excluding hydrogens is 278 g/mol. The maximum absolute atomic E-state index is 12.3. The highest BCUT2D eigenvalue weighted by Crippen LogP contribution is 2.55. The highest BCUT2D eigenvalue weighted by atomic mass is 16.5. The maximum Gasteiger partial charge on any atom is 0.318 e. The fourth-order valence-corrected chi connectivity index (χ4v) is 4.13. The van der Waals surface area contributed by atoms with Crippen LogP contribution in [0, 0.1) is 5.92 Å². The molecule has 3 rings (SSSR count). The summed E-state index contributed by atoms with van der Waals surface area (Å²) < 4.78 is 5.23. The van der Waals surface area contributed by atoms with Crippen molar-refractivity contribution in [2.24, 2.45) is 5.92 Å². The van der Waals surface area contributed by atoms with E-state index in [1.165, 1.54) is 0 Å². The summed E-state index contributed by atoms with van der Waals surface area (Å²) >= 11 is 0. The van der Waals surface area contributed by atoms with E-state index < -0.39 is 11.4 Å². The molecule has 0 spiro atoms. The SMILES string of the molecule is C/C=C1\C2C=C(C)CC1(C(=O)O)c1ccc(OC)nc1C2C. The van der Waals surface area contributed by atoms with E-state index in [9.17, 15) is 9.90 Å². The van der Waals surface area contributed by atoms with Crippen LogP contribution in [0.25, 0.3) is 0 Å². The van der Waals surface area contributed by atoms with Crippen LogP contribution in [-0.2, 0) is 10.2 Å². The van der Waals surface area contributed by atoms with Crippen molar-refractivity contribution < 1.29 is 14.6 Å². The molecule has 3 atom stereocenters. The molecule has 2 aliphatic carbocycles. The molecule has 2 bridgehead atoms. The predicted molar refractivity (Wildman–Crippen MR) is 84.1 cm³/mol. The van der Waals surface area contributed by atoms with Crippen molar-refractivity contribution >= 4 is 5.97 Å². The first-order chi connectivity index (χ1) is 10.5. The number of carboxylic acids is 1. The second kappa shape index (κ2) is 4.97. The molecule has 0 aliphatic heterocycles. The van der Waals surface area contributed by atoms with E-state index in [1.807, 2.05) is 26.0 Å². The van der Waals surface area contributed by atoms with Gasteiger partial charge in [0, 0.05) is 17.9 Å². The van der Waals surface area contributed by atoms with Gasteiger partial charge in [-0.1, -0.05) is 30.7 Å². The van der Waals surface area contributed by atoms with E-state index in [1.54, 1.807) is 13.2 Å². The van der Waals surface area contributed by atoms with Crippen molar-refractivity contribution in [1.82, 2.24) is 4.98 Å². The van der Waals surface area contributed by atoms with Gasteiger partial charge in [0.15, 0.2) is 0 Å². The number of pyridine rings is 1. The molecule has 0 amide bonds. The third kappa shape index (κ3) is 1.76. The Morgan fingerprint density at radius 1 is 1.50 bits per heavy atom. The van der Waals surface area contributed by atoms with Crippen LogP contribution in [-0.4, -0.2) is 23.2 Å². The van der Waals surface area contributed by atoms with E-state index in [2.05, 4.69) is 18.0 Å². The average molecular weight is 299 g/mol. The van der Waals surface area contributed by atoms with Crippen LogP contribution in [0.1, 0.15) is 44.4 Å². The van der Waals surface area contributed by atoms with Crippen molar-refractivity contribution in [1.29, 1.82) is 0 Å². The first-order valence-corrected chi connectivity index (χ1v) is 7.58. The Bertz CT molecular complexity index is 704. The summed E-state index contributed by atoms with van der Waals surface area (Å²) in [7, 11) is 1.58. The molecule has 3 unspecified atom stereocenters. The predicted octanol–water partition coefficient (Wildman–Crippen LogP) is 3.44. The second-order valence-electron chi connectivity index (χ2n) is 6.25. The lowest BCUT2D eigenvalue weighted by Crippen LogP contribution is -2.47. The number of ether oxygens (including phenoxy) is 1. The third-order valence-electron chi connectivity index (χ3n) is 5.07. The van der Waals surface area contributed by atoms with Gasteiger partial charge in [0.05, 0.1) is 12.8 Å². The number of hydrogen-bond donors (Lipinski definition) is 1. The topological polar surface area (TPSA) is 59.4 Å². The van der Waals surface area contributed by atoms with Crippen LogP contribution in [0.5, 0.6) is 5.88 Å². The Morgan fingerprint density at radius 2 is 2.23 bits per heavy atom. The van der Waals surface area contributed by atoms with Crippen LogP contribution < -0.4 is 4.74 Å². The molecule has 116 valence electrons. The van der Waals surface area contributed by atoms with E-state index in [0.29, 0.717) is 12.3 Å². The third-order valence-corrected chi connectivity index (χ3v) is 5.07. The molecule has 0 radical (unpaired) electrons. The zero-order chi connectivity index (χ0) is 16.1. The van der Waals surface area contributed by atoms with E-state index >= 15 is 0 Å². The maximum atomic E-state index is 12.3. The molecule has 4 heteroatoms. The zero-order valence-corrected chi connectivity index (χ0v) is 13.4. The number of aliphatic carboxylic acids is 1. The Hall–Kier alpha value is -2.10. The summed E-state index contributed by atoms with van der Waals surface area (Å²) in [5.74, 6) is -0.0343. The number of hydrogen-bond acceptors (Lipinski definition) is 3. The van der Waals surface area contributed by atoms with Gasteiger partial charge in [-0.15, -0.1) is 0 Å². The number of aromatic nitrogens is 1. The summed E-state index contributed by atoms with van der Waals surface area (Å²) in [6.07, 6.45) is 4.68. The normalized spacial score (nSPS) is 31.5. The Morgan fingerprint density at radius 3 is 2.82 bits per heavy atom. The summed E-state index contributed by atoms with van der Waals surface area (Å²) in [5, 5.41) is 10.1. The van der Waals surface area contributed by atoms with Crippen LogP contribution >= 0.6 is 0 Å². The Balaban J connectivity index is 2.36. The van der Waals surface area contributed by atoms with Crippen LogP contribution in [0.4, 0.5) is 0 Å². The van der Waals surface area contributed by atoms with Gasteiger partial charge in [-0.05, 0) is 31.4 Å². The van der Waals surface area contributed by atoms with Crippen LogP contribution in [0.15, 0.2) is 35.4 Å². The number of carboxylic acid groups (broad SMARTS) is 1. The molecule has 2 aliphatic rings. The smallest absolute Gasteiger partial charge is 0.318 e. The van der Waals surface area contributed by atoms with Gasteiger partial charge >= 0.3 is 5.97 Å².